The molecular formula is C13H17N3O. The monoisotopic (exact) mass is 231 g/mol. The summed E-state index contributed by atoms with van der Waals surface area (Å²) in [6, 6.07) is 7.72. The summed E-state index contributed by atoms with van der Waals surface area (Å²) in [5, 5.41) is 3.99. The van der Waals surface area contributed by atoms with E-state index in [1.807, 2.05) is 24.3 Å². The molecule has 4 nitrogen and oxygen atoms in total. The summed E-state index contributed by atoms with van der Waals surface area (Å²) >= 11 is 0. The van der Waals surface area contributed by atoms with Crippen molar-refractivity contribution in [2.45, 2.75) is 32.6 Å². The van der Waals surface area contributed by atoms with Crippen LogP contribution in [0.4, 0.5) is 5.69 Å². The topological polar surface area (TPSA) is 64.9 Å². The SMILES string of the molecule is CCC(C)c1noc(Cc2cccc(N)c2)n1. The Balaban J connectivity index is 2.11. The van der Waals surface area contributed by atoms with Crippen molar-refractivity contribution < 1.29 is 4.52 Å². The van der Waals surface area contributed by atoms with Crippen molar-refractivity contribution in [3.8, 4) is 0 Å². The van der Waals surface area contributed by atoms with Gasteiger partial charge in [-0.3, -0.25) is 0 Å². The maximum absolute atomic E-state index is 5.72. The van der Waals surface area contributed by atoms with Crippen LogP contribution in [0.2, 0.25) is 0 Å². The predicted molar refractivity (Wildman–Crippen MR) is 66.7 cm³/mol. The Morgan fingerprint density at radius 1 is 1.41 bits per heavy atom. The highest BCUT2D eigenvalue weighted by molar-refractivity contribution is 5.41. The molecule has 2 aromatic rings. The van der Waals surface area contributed by atoms with E-state index in [1.54, 1.807) is 0 Å². The summed E-state index contributed by atoms with van der Waals surface area (Å²) in [6.45, 7) is 4.20. The van der Waals surface area contributed by atoms with Crippen molar-refractivity contribution in [3.63, 3.8) is 0 Å². The van der Waals surface area contributed by atoms with Crippen LogP contribution in [0.1, 0.15) is 43.5 Å². The molecule has 4 heteroatoms. The molecule has 0 aliphatic carbocycles. The summed E-state index contributed by atoms with van der Waals surface area (Å²) in [4.78, 5) is 4.39. The van der Waals surface area contributed by atoms with E-state index in [1.165, 1.54) is 0 Å². The molecule has 1 unspecified atom stereocenters. The van der Waals surface area contributed by atoms with Crippen LogP contribution < -0.4 is 5.73 Å². The Hall–Kier alpha value is -1.84. The van der Waals surface area contributed by atoms with Crippen LogP contribution in [0.3, 0.4) is 0 Å². The van der Waals surface area contributed by atoms with Crippen molar-refractivity contribution in [2.75, 3.05) is 5.73 Å². The van der Waals surface area contributed by atoms with Crippen molar-refractivity contribution in [3.05, 3.63) is 41.5 Å². The summed E-state index contributed by atoms with van der Waals surface area (Å²) in [7, 11) is 0. The number of nitrogens with zero attached hydrogens (tertiary/aromatic N) is 2. The van der Waals surface area contributed by atoms with Crippen molar-refractivity contribution in [1.29, 1.82) is 0 Å². The van der Waals surface area contributed by atoms with Crippen molar-refractivity contribution in [2.24, 2.45) is 0 Å². The van der Waals surface area contributed by atoms with Crippen LogP contribution in [0, 0.1) is 0 Å². The van der Waals surface area contributed by atoms with Crippen LogP contribution in [-0.4, -0.2) is 10.1 Å². The first kappa shape index (κ1) is 11.6. The highest BCUT2D eigenvalue weighted by Gasteiger charge is 2.12. The number of aromatic nitrogens is 2. The minimum atomic E-state index is 0.341. The third-order valence-electron chi connectivity index (χ3n) is 2.84. The smallest absolute Gasteiger partial charge is 0.231 e. The maximum atomic E-state index is 5.72. The Labute approximate surface area is 101 Å². The fourth-order valence-electron chi connectivity index (χ4n) is 1.60. The summed E-state index contributed by atoms with van der Waals surface area (Å²) in [5.74, 6) is 1.77. The first-order chi connectivity index (χ1) is 8.19. The van der Waals surface area contributed by atoms with Gasteiger partial charge < -0.3 is 10.3 Å². The minimum Gasteiger partial charge on any atom is -0.399 e. The van der Waals surface area contributed by atoms with Gasteiger partial charge >= 0.3 is 0 Å². The standard InChI is InChI=1S/C13H17N3O/c1-3-9(2)13-15-12(17-16-13)8-10-5-4-6-11(14)7-10/h4-7,9H,3,8,14H2,1-2H3. The normalized spacial score (nSPS) is 12.6. The van der Waals surface area contributed by atoms with E-state index in [9.17, 15) is 0 Å². The number of nitrogens with two attached hydrogens (primary N) is 1. The number of benzene rings is 1. The molecule has 1 aromatic carbocycles. The van der Waals surface area contributed by atoms with Gasteiger partial charge in [0.15, 0.2) is 5.82 Å². The molecule has 0 fully saturated rings. The molecule has 1 atom stereocenters. The molecular weight excluding hydrogens is 214 g/mol. The van der Waals surface area contributed by atoms with Gasteiger partial charge in [0.2, 0.25) is 5.89 Å². The average molecular weight is 231 g/mol. The van der Waals surface area contributed by atoms with Crippen LogP contribution in [0.5, 0.6) is 0 Å². The summed E-state index contributed by atoms with van der Waals surface area (Å²) in [6.07, 6.45) is 1.64. The van der Waals surface area contributed by atoms with E-state index < -0.39 is 0 Å². The average Bonchev–Trinajstić information content (AvgIpc) is 2.76. The minimum absolute atomic E-state index is 0.341. The first-order valence-electron chi connectivity index (χ1n) is 5.86. The highest BCUT2D eigenvalue weighted by Crippen LogP contribution is 2.17. The fraction of sp³-hybridized carbons (Fsp3) is 0.385. The van der Waals surface area contributed by atoms with E-state index in [-0.39, 0.29) is 0 Å². The molecule has 90 valence electrons. The van der Waals surface area contributed by atoms with Crippen LogP contribution in [0.15, 0.2) is 28.8 Å². The third-order valence-corrected chi connectivity index (χ3v) is 2.84. The Morgan fingerprint density at radius 2 is 2.24 bits per heavy atom. The summed E-state index contributed by atoms with van der Waals surface area (Å²) in [5.41, 5.74) is 7.56. The predicted octanol–water partition coefficient (Wildman–Crippen LogP) is 2.76. The van der Waals surface area contributed by atoms with Crippen LogP contribution in [-0.2, 0) is 6.42 Å². The van der Waals surface area contributed by atoms with Crippen LogP contribution in [0.25, 0.3) is 0 Å². The van der Waals surface area contributed by atoms with Gasteiger partial charge in [-0.05, 0) is 24.1 Å². The molecule has 0 bridgehead atoms. The van der Waals surface area contributed by atoms with E-state index in [4.69, 9.17) is 10.3 Å². The number of anilines is 1. The Morgan fingerprint density at radius 3 is 2.94 bits per heavy atom. The first-order valence-corrected chi connectivity index (χ1v) is 5.86. The zero-order chi connectivity index (χ0) is 12.3. The van der Waals surface area contributed by atoms with Gasteiger partial charge in [0, 0.05) is 11.6 Å². The molecule has 0 amide bonds. The second kappa shape index (κ2) is 4.99. The molecule has 0 aliphatic rings. The second-order valence-corrected chi connectivity index (χ2v) is 4.28. The van der Waals surface area contributed by atoms with E-state index in [0.29, 0.717) is 18.2 Å². The van der Waals surface area contributed by atoms with Gasteiger partial charge in [-0.25, -0.2) is 0 Å². The van der Waals surface area contributed by atoms with Crippen LogP contribution >= 0.6 is 0 Å². The van der Waals surface area contributed by atoms with E-state index in [0.717, 1.165) is 23.5 Å². The molecule has 0 aliphatic heterocycles. The van der Waals surface area contributed by atoms with Gasteiger partial charge in [-0.2, -0.15) is 4.98 Å². The molecule has 1 heterocycles. The molecule has 0 spiro atoms. The zero-order valence-corrected chi connectivity index (χ0v) is 10.2. The van der Waals surface area contributed by atoms with Crippen molar-refractivity contribution >= 4 is 5.69 Å². The quantitative estimate of drug-likeness (QED) is 0.822. The van der Waals surface area contributed by atoms with Gasteiger partial charge in [0.25, 0.3) is 0 Å². The van der Waals surface area contributed by atoms with Gasteiger partial charge in [0.05, 0.1) is 6.42 Å². The highest BCUT2D eigenvalue weighted by atomic mass is 16.5. The van der Waals surface area contributed by atoms with Gasteiger partial charge in [-0.15, -0.1) is 0 Å². The van der Waals surface area contributed by atoms with Gasteiger partial charge in [0.1, 0.15) is 0 Å². The number of rotatable bonds is 4. The lowest BCUT2D eigenvalue weighted by atomic mass is 10.1. The number of hydrogen-bond donors (Lipinski definition) is 1. The maximum Gasteiger partial charge on any atom is 0.231 e. The van der Waals surface area contributed by atoms with Gasteiger partial charge in [-0.1, -0.05) is 31.1 Å². The van der Waals surface area contributed by atoms with E-state index in [2.05, 4.69) is 24.0 Å². The second-order valence-electron chi connectivity index (χ2n) is 4.28. The number of hydrogen-bond acceptors (Lipinski definition) is 4. The van der Waals surface area contributed by atoms with E-state index >= 15 is 0 Å². The molecule has 0 saturated heterocycles. The lowest BCUT2D eigenvalue weighted by Gasteiger charge is -1.99. The Bertz CT molecular complexity index is 493. The lowest BCUT2D eigenvalue weighted by Crippen LogP contribution is -1.95. The molecule has 2 N–H and O–H groups in total. The fourth-order valence-corrected chi connectivity index (χ4v) is 1.60. The molecule has 0 saturated carbocycles. The molecule has 1 aromatic heterocycles. The summed E-state index contributed by atoms with van der Waals surface area (Å²) < 4.78 is 5.23. The lowest BCUT2D eigenvalue weighted by molar-refractivity contribution is 0.376. The Kier molecular flexibility index (Phi) is 3.42. The zero-order valence-electron chi connectivity index (χ0n) is 10.2. The van der Waals surface area contributed by atoms with Crippen molar-refractivity contribution in [1.82, 2.24) is 10.1 Å². The molecule has 0 radical (unpaired) electrons. The molecule has 2 rings (SSSR count). The molecule has 17 heavy (non-hydrogen) atoms. The largest absolute Gasteiger partial charge is 0.399 e. The number of nitrogen functional groups attached to an aromatic ring is 1. The third kappa shape index (κ3) is 2.84.